The van der Waals surface area contributed by atoms with Crippen molar-refractivity contribution in [2.45, 2.75) is 25.2 Å². The summed E-state index contributed by atoms with van der Waals surface area (Å²) in [6, 6.07) is 5.42. The quantitative estimate of drug-likeness (QED) is 0.740. The molecule has 0 unspecified atom stereocenters. The van der Waals surface area contributed by atoms with Crippen molar-refractivity contribution in [3.63, 3.8) is 0 Å². The van der Waals surface area contributed by atoms with Crippen LogP contribution in [0.25, 0.3) is 0 Å². The van der Waals surface area contributed by atoms with Crippen LogP contribution in [0.4, 0.5) is 5.69 Å². The number of sulfonamides is 1. The van der Waals surface area contributed by atoms with Gasteiger partial charge in [0.1, 0.15) is 0 Å². The number of carboxylic acids is 1. The summed E-state index contributed by atoms with van der Waals surface area (Å²) in [5.74, 6) is -1.62. The summed E-state index contributed by atoms with van der Waals surface area (Å²) in [7, 11) is -3.86. The number of carbonyl (C=O) groups excluding carboxylic acids is 1. The van der Waals surface area contributed by atoms with Gasteiger partial charge in [-0.3, -0.25) is 9.59 Å². The number of hydrogen-bond acceptors (Lipinski definition) is 4. The normalized spacial score (nSPS) is 11.9. The Morgan fingerprint density at radius 2 is 1.95 bits per heavy atom. The zero-order valence-electron chi connectivity index (χ0n) is 11.1. The highest BCUT2D eigenvalue weighted by atomic mass is 32.2. The van der Waals surface area contributed by atoms with Crippen molar-refractivity contribution >= 4 is 27.6 Å². The van der Waals surface area contributed by atoms with Gasteiger partial charge >= 0.3 is 5.97 Å². The van der Waals surface area contributed by atoms with Crippen LogP contribution in [0, 0.1) is 5.41 Å². The van der Waals surface area contributed by atoms with Crippen LogP contribution in [0.2, 0.25) is 0 Å². The number of hydrogen-bond donors (Lipinski definition) is 3. The highest BCUT2D eigenvalue weighted by Gasteiger charge is 2.30. The Bertz CT molecular complexity index is 637. The monoisotopic (exact) mass is 300 g/mol. The summed E-state index contributed by atoms with van der Waals surface area (Å²) >= 11 is 0. The van der Waals surface area contributed by atoms with Crippen LogP contribution >= 0.6 is 0 Å². The van der Waals surface area contributed by atoms with Gasteiger partial charge in [-0.15, -0.1) is 0 Å². The van der Waals surface area contributed by atoms with Crippen molar-refractivity contribution in [1.29, 1.82) is 0 Å². The second kappa shape index (κ2) is 5.59. The number of nitrogens with two attached hydrogens (primary N) is 1. The lowest BCUT2D eigenvalue weighted by Gasteiger charge is -2.18. The maximum absolute atomic E-state index is 11.7. The first kappa shape index (κ1) is 16.1. The average molecular weight is 300 g/mol. The molecule has 0 radical (unpaired) electrons. The summed E-state index contributed by atoms with van der Waals surface area (Å²) in [5.41, 5.74) is -0.968. The Labute approximate surface area is 116 Å². The van der Waals surface area contributed by atoms with E-state index in [2.05, 4.69) is 5.32 Å². The van der Waals surface area contributed by atoms with Gasteiger partial charge < -0.3 is 10.4 Å². The minimum absolute atomic E-state index is 0.132. The van der Waals surface area contributed by atoms with Gasteiger partial charge in [0, 0.05) is 12.1 Å². The minimum atomic E-state index is -3.86. The predicted molar refractivity (Wildman–Crippen MR) is 72.5 cm³/mol. The third kappa shape index (κ3) is 4.32. The largest absolute Gasteiger partial charge is 0.481 e. The Morgan fingerprint density at radius 3 is 2.45 bits per heavy atom. The number of amides is 1. The number of rotatable bonds is 5. The standard InChI is InChI=1S/C12H16N2O5S/c1-12(2,11(16)17)7-10(15)14-8-4-3-5-9(6-8)20(13,18)19/h3-6H,7H2,1-2H3,(H,14,15)(H,16,17)(H2,13,18,19). The number of aliphatic carboxylic acids is 1. The van der Waals surface area contributed by atoms with E-state index in [0.29, 0.717) is 0 Å². The molecule has 0 aliphatic rings. The maximum Gasteiger partial charge on any atom is 0.309 e. The fraction of sp³-hybridized carbons (Fsp3) is 0.333. The molecule has 1 aromatic rings. The summed E-state index contributed by atoms with van der Waals surface area (Å²) in [5, 5.41) is 16.4. The highest BCUT2D eigenvalue weighted by molar-refractivity contribution is 7.89. The molecule has 7 nitrogen and oxygen atoms in total. The van der Waals surface area contributed by atoms with E-state index in [1.165, 1.54) is 38.1 Å². The van der Waals surface area contributed by atoms with Gasteiger partial charge in [-0.2, -0.15) is 0 Å². The van der Waals surface area contributed by atoms with Gasteiger partial charge in [0.15, 0.2) is 0 Å². The van der Waals surface area contributed by atoms with Gasteiger partial charge in [0.05, 0.1) is 10.3 Å². The summed E-state index contributed by atoms with van der Waals surface area (Å²) < 4.78 is 22.4. The van der Waals surface area contributed by atoms with Crippen molar-refractivity contribution < 1.29 is 23.1 Å². The molecule has 0 heterocycles. The second-order valence-corrected chi connectivity index (χ2v) is 6.55. The van der Waals surface area contributed by atoms with E-state index in [1.807, 2.05) is 0 Å². The third-order valence-electron chi connectivity index (χ3n) is 2.63. The van der Waals surface area contributed by atoms with Crippen LogP contribution in [0.15, 0.2) is 29.2 Å². The zero-order chi connectivity index (χ0) is 15.6. The molecule has 0 spiro atoms. The summed E-state index contributed by atoms with van der Waals surface area (Å²) in [4.78, 5) is 22.5. The molecule has 0 aliphatic heterocycles. The molecular formula is C12H16N2O5S. The number of carboxylic acid groups (broad SMARTS) is 1. The number of benzene rings is 1. The van der Waals surface area contributed by atoms with Crippen LogP contribution < -0.4 is 10.5 Å². The molecule has 20 heavy (non-hydrogen) atoms. The van der Waals surface area contributed by atoms with Crippen LogP contribution in [-0.2, 0) is 19.6 Å². The fourth-order valence-electron chi connectivity index (χ4n) is 1.43. The number of nitrogens with one attached hydrogen (secondary N) is 1. The van der Waals surface area contributed by atoms with Gasteiger partial charge in [0.2, 0.25) is 15.9 Å². The van der Waals surface area contributed by atoms with Crippen molar-refractivity contribution in [3.8, 4) is 0 Å². The lowest BCUT2D eigenvalue weighted by Crippen LogP contribution is -2.29. The molecule has 110 valence electrons. The van der Waals surface area contributed by atoms with Crippen LogP contribution in [0.5, 0.6) is 0 Å². The molecule has 0 fully saturated rings. The van der Waals surface area contributed by atoms with E-state index in [9.17, 15) is 18.0 Å². The van der Waals surface area contributed by atoms with Gasteiger partial charge in [0.25, 0.3) is 0 Å². The molecule has 0 aromatic heterocycles. The van der Waals surface area contributed by atoms with E-state index in [1.54, 1.807) is 0 Å². The van der Waals surface area contributed by atoms with Crippen LogP contribution in [-0.4, -0.2) is 25.4 Å². The number of carbonyl (C=O) groups is 2. The molecule has 0 saturated carbocycles. The molecular weight excluding hydrogens is 284 g/mol. The average Bonchev–Trinajstić information content (AvgIpc) is 2.26. The highest BCUT2D eigenvalue weighted by Crippen LogP contribution is 2.22. The van der Waals surface area contributed by atoms with Gasteiger partial charge in [-0.25, -0.2) is 13.6 Å². The van der Waals surface area contributed by atoms with E-state index >= 15 is 0 Å². The molecule has 0 atom stereocenters. The van der Waals surface area contributed by atoms with Gasteiger partial charge in [-0.05, 0) is 32.0 Å². The first-order valence-electron chi connectivity index (χ1n) is 5.68. The summed E-state index contributed by atoms with van der Waals surface area (Å²) in [6.45, 7) is 2.85. The minimum Gasteiger partial charge on any atom is -0.481 e. The maximum atomic E-state index is 11.7. The third-order valence-corrected chi connectivity index (χ3v) is 3.54. The number of primary sulfonamides is 1. The molecule has 1 aromatic carbocycles. The van der Waals surface area contributed by atoms with Crippen molar-refractivity contribution in [2.24, 2.45) is 10.6 Å². The van der Waals surface area contributed by atoms with Crippen molar-refractivity contribution in [2.75, 3.05) is 5.32 Å². The van der Waals surface area contributed by atoms with Crippen LogP contribution in [0.3, 0.4) is 0 Å². The molecule has 1 rings (SSSR count). The van der Waals surface area contributed by atoms with Crippen molar-refractivity contribution in [3.05, 3.63) is 24.3 Å². The lowest BCUT2D eigenvalue weighted by atomic mass is 9.89. The Kier molecular flexibility index (Phi) is 4.51. The SMILES string of the molecule is CC(C)(CC(=O)Nc1cccc(S(N)(=O)=O)c1)C(=O)O. The lowest BCUT2D eigenvalue weighted by molar-refractivity contribution is -0.148. The zero-order valence-corrected chi connectivity index (χ0v) is 11.9. The van der Waals surface area contributed by atoms with E-state index in [0.717, 1.165) is 0 Å². The molecule has 1 amide bonds. The second-order valence-electron chi connectivity index (χ2n) is 4.99. The van der Waals surface area contributed by atoms with E-state index in [-0.39, 0.29) is 17.0 Å². The molecule has 0 saturated heterocycles. The molecule has 0 aliphatic carbocycles. The van der Waals surface area contributed by atoms with Gasteiger partial charge in [-0.1, -0.05) is 6.07 Å². The smallest absolute Gasteiger partial charge is 0.309 e. The summed E-state index contributed by atoms with van der Waals surface area (Å²) in [6.07, 6.45) is -0.234. The number of anilines is 1. The van der Waals surface area contributed by atoms with E-state index < -0.39 is 27.3 Å². The molecule has 8 heteroatoms. The predicted octanol–water partition coefficient (Wildman–Crippen LogP) is 0.773. The first-order chi connectivity index (χ1) is 9.02. The Balaban J connectivity index is 2.85. The Morgan fingerprint density at radius 1 is 1.35 bits per heavy atom. The molecule has 4 N–H and O–H groups in total. The fourth-order valence-corrected chi connectivity index (χ4v) is 1.99. The first-order valence-corrected chi connectivity index (χ1v) is 7.23. The Hall–Kier alpha value is -1.93. The van der Waals surface area contributed by atoms with Crippen molar-refractivity contribution in [1.82, 2.24) is 0 Å². The van der Waals surface area contributed by atoms with E-state index in [4.69, 9.17) is 10.2 Å². The topological polar surface area (TPSA) is 127 Å². The van der Waals surface area contributed by atoms with Crippen LogP contribution in [0.1, 0.15) is 20.3 Å². The molecule has 0 bridgehead atoms.